The normalized spacial score (nSPS) is 31.7. The van der Waals surface area contributed by atoms with Crippen LogP contribution in [0, 0.1) is 0 Å². The van der Waals surface area contributed by atoms with E-state index in [-0.39, 0.29) is 0 Å². The van der Waals surface area contributed by atoms with Gasteiger partial charge in [-0.3, -0.25) is 4.90 Å². The molecule has 2 heterocycles. The van der Waals surface area contributed by atoms with Gasteiger partial charge in [0, 0.05) is 44.8 Å². The van der Waals surface area contributed by atoms with E-state index in [0.717, 1.165) is 12.1 Å². The second kappa shape index (κ2) is 4.60. The first kappa shape index (κ1) is 10.4. The van der Waals surface area contributed by atoms with E-state index in [1.165, 1.54) is 45.7 Å². The summed E-state index contributed by atoms with van der Waals surface area (Å²) in [6, 6.07) is 1.58. The summed E-state index contributed by atoms with van der Waals surface area (Å²) in [4.78, 5) is 5.25. The first-order chi connectivity index (χ1) is 6.81. The molecule has 82 valence electrons. The standard InChI is InChI=1S/C11H23N3/c1-3-5-13-8-11(9-13)14-6-4-12-7-10(14)2/h10-12H,3-9H2,1-2H3. The molecule has 0 spiro atoms. The van der Waals surface area contributed by atoms with Crippen molar-refractivity contribution < 1.29 is 0 Å². The van der Waals surface area contributed by atoms with Crippen LogP contribution < -0.4 is 5.32 Å². The fourth-order valence-corrected chi connectivity index (χ4v) is 2.65. The van der Waals surface area contributed by atoms with Gasteiger partial charge < -0.3 is 10.2 Å². The van der Waals surface area contributed by atoms with Gasteiger partial charge in [-0.1, -0.05) is 6.92 Å². The molecule has 0 aromatic carbocycles. The van der Waals surface area contributed by atoms with E-state index in [4.69, 9.17) is 0 Å². The van der Waals surface area contributed by atoms with Crippen molar-refractivity contribution in [2.24, 2.45) is 0 Å². The molecule has 3 nitrogen and oxygen atoms in total. The van der Waals surface area contributed by atoms with Crippen molar-refractivity contribution >= 4 is 0 Å². The van der Waals surface area contributed by atoms with E-state index >= 15 is 0 Å². The van der Waals surface area contributed by atoms with Gasteiger partial charge in [0.2, 0.25) is 0 Å². The van der Waals surface area contributed by atoms with E-state index in [9.17, 15) is 0 Å². The van der Waals surface area contributed by atoms with E-state index in [0.29, 0.717) is 0 Å². The van der Waals surface area contributed by atoms with E-state index in [1.807, 2.05) is 0 Å². The van der Waals surface area contributed by atoms with Crippen LogP contribution in [-0.2, 0) is 0 Å². The fraction of sp³-hybridized carbons (Fsp3) is 1.00. The Labute approximate surface area is 87.4 Å². The summed E-state index contributed by atoms with van der Waals surface area (Å²) in [5.41, 5.74) is 0. The van der Waals surface area contributed by atoms with Gasteiger partial charge in [-0.15, -0.1) is 0 Å². The number of hydrogen-bond donors (Lipinski definition) is 1. The van der Waals surface area contributed by atoms with Gasteiger partial charge in [0.15, 0.2) is 0 Å². The molecule has 1 N–H and O–H groups in total. The molecule has 2 aliphatic rings. The van der Waals surface area contributed by atoms with Gasteiger partial charge in [0.1, 0.15) is 0 Å². The quantitative estimate of drug-likeness (QED) is 0.705. The highest BCUT2D eigenvalue weighted by atomic mass is 15.3. The molecule has 0 aliphatic carbocycles. The Morgan fingerprint density at radius 2 is 2.14 bits per heavy atom. The Balaban J connectivity index is 1.74. The smallest absolute Gasteiger partial charge is 0.0354 e. The Morgan fingerprint density at radius 1 is 1.36 bits per heavy atom. The Bertz CT molecular complexity index is 177. The van der Waals surface area contributed by atoms with Gasteiger partial charge in [-0.2, -0.15) is 0 Å². The van der Waals surface area contributed by atoms with Crippen molar-refractivity contribution in [1.82, 2.24) is 15.1 Å². The molecular weight excluding hydrogens is 174 g/mol. The molecule has 2 fully saturated rings. The van der Waals surface area contributed by atoms with Crippen molar-refractivity contribution in [3.05, 3.63) is 0 Å². The second-order valence-corrected chi connectivity index (χ2v) is 4.70. The molecule has 0 aromatic rings. The SMILES string of the molecule is CCCN1CC(N2CCNCC2C)C1. The van der Waals surface area contributed by atoms with Gasteiger partial charge >= 0.3 is 0 Å². The molecule has 0 amide bonds. The van der Waals surface area contributed by atoms with Crippen molar-refractivity contribution in [3.63, 3.8) is 0 Å². The lowest BCUT2D eigenvalue weighted by molar-refractivity contribution is 0.00323. The second-order valence-electron chi connectivity index (χ2n) is 4.70. The molecule has 3 heteroatoms. The summed E-state index contributed by atoms with van der Waals surface area (Å²) in [5, 5.41) is 3.45. The predicted octanol–water partition coefficient (Wildman–Crippen LogP) is 0.374. The molecule has 14 heavy (non-hydrogen) atoms. The third-order valence-electron chi connectivity index (χ3n) is 3.50. The Hall–Kier alpha value is -0.120. The van der Waals surface area contributed by atoms with Crippen LogP contribution in [0.3, 0.4) is 0 Å². The molecule has 2 saturated heterocycles. The van der Waals surface area contributed by atoms with Crippen LogP contribution in [0.4, 0.5) is 0 Å². The zero-order chi connectivity index (χ0) is 9.97. The topological polar surface area (TPSA) is 18.5 Å². The molecule has 1 atom stereocenters. The van der Waals surface area contributed by atoms with Crippen LogP contribution in [0.2, 0.25) is 0 Å². The Morgan fingerprint density at radius 3 is 2.79 bits per heavy atom. The highest BCUT2D eigenvalue weighted by Gasteiger charge is 2.34. The minimum Gasteiger partial charge on any atom is -0.314 e. The lowest BCUT2D eigenvalue weighted by Crippen LogP contribution is -2.65. The maximum atomic E-state index is 3.45. The predicted molar refractivity (Wildman–Crippen MR) is 59.6 cm³/mol. The van der Waals surface area contributed by atoms with Gasteiger partial charge in [-0.05, 0) is 19.9 Å². The molecule has 0 aromatic heterocycles. The van der Waals surface area contributed by atoms with Crippen LogP contribution in [0.25, 0.3) is 0 Å². The molecule has 2 aliphatic heterocycles. The van der Waals surface area contributed by atoms with Crippen LogP contribution in [0.1, 0.15) is 20.3 Å². The zero-order valence-corrected chi connectivity index (χ0v) is 9.50. The van der Waals surface area contributed by atoms with E-state index in [1.54, 1.807) is 0 Å². The minimum absolute atomic E-state index is 0.734. The van der Waals surface area contributed by atoms with Gasteiger partial charge in [0.25, 0.3) is 0 Å². The highest BCUT2D eigenvalue weighted by Crippen LogP contribution is 2.18. The fourth-order valence-electron chi connectivity index (χ4n) is 2.65. The average Bonchev–Trinajstić information content (AvgIpc) is 2.12. The Kier molecular flexibility index (Phi) is 3.42. The summed E-state index contributed by atoms with van der Waals surface area (Å²) in [6.07, 6.45) is 1.30. The number of nitrogens with one attached hydrogen (secondary N) is 1. The summed E-state index contributed by atoms with van der Waals surface area (Å²) < 4.78 is 0. The monoisotopic (exact) mass is 197 g/mol. The van der Waals surface area contributed by atoms with Crippen LogP contribution >= 0.6 is 0 Å². The molecule has 1 unspecified atom stereocenters. The summed E-state index contributed by atoms with van der Waals surface area (Å²) in [5.74, 6) is 0. The molecule has 2 rings (SSSR count). The van der Waals surface area contributed by atoms with Crippen molar-refractivity contribution in [2.45, 2.75) is 32.4 Å². The third-order valence-corrected chi connectivity index (χ3v) is 3.50. The lowest BCUT2D eigenvalue weighted by Gasteiger charge is -2.49. The van der Waals surface area contributed by atoms with Crippen molar-refractivity contribution in [1.29, 1.82) is 0 Å². The number of nitrogens with zero attached hydrogens (tertiary/aromatic N) is 2. The van der Waals surface area contributed by atoms with Crippen LogP contribution in [0.15, 0.2) is 0 Å². The zero-order valence-electron chi connectivity index (χ0n) is 9.50. The number of rotatable bonds is 3. The first-order valence-corrected chi connectivity index (χ1v) is 6.00. The van der Waals surface area contributed by atoms with Crippen molar-refractivity contribution in [3.8, 4) is 0 Å². The van der Waals surface area contributed by atoms with Crippen molar-refractivity contribution in [2.75, 3.05) is 39.3 Å². The lowest BCUT2D eigenvalue weighted by atomic mass is 10.0. The third kappa shape index (κ3) is 2.10. The van der Waals surface area contributed by atoms with Gasteiger partial charge in [0.05, 0.1) is 0 Å². The van der Waals surface area contributed by atoms with Crippen LogP contribution in [-0.4, -0.2) is 61.2 Å². The summed E-state index contributed by atoms with van der Waals surface area (Å²) >= 11 is 0. The summed E-state index contributed by atoms with van der Waals surface area (Å²) in [6.45, 7) is 12.1. The molecule has 0 saturated carbocycles. The molecule has 0 radical (unpaired) electrons. The van der Waals surface area contributed by atoms with E-state index < -0.39 is 0 Å². The summed E-state index contributed by atoms with van der Waals surface area (Å²) in [7, 11) is 0. The number of likely N-dealkylation sites (tertiary alicyclic amines) is 1. The largest absolute Gasteiger partial charge is 0.314 e. The van der Waals surface area contributed by atoms with Crippen LogP contribution in [0.5, 0.6) is 0 Å². The first-order valence-electron chi connectivity index (χ1n) is 6.00. The number of hydrogen-bond acceptors (Lipinski definition) is 3. The molecule has 0 bridgehead atoms. The van der Waals surface area contributed by atoms with Gasteiger partial charge in [-0.25, -0.2) is 0 Å². The average molecular weight is 197 g/mol. The number of piperazine rings is 1. The molecular formula is C11H23N3. The maximum absolute atomic E-state index is 3.45. The minimum atomic E-state index is 0.734. The van der Waals surface area contributed by atoms with E-state index in [2.05, 4.69) is 29.0 Å². The highest BCUT2D eigenvalue weighted by molar-refractivity contribution is 4.92. The maximum Gasteiger partial charge on any atom is 0.0354 e.